The van der Waals surface area contributed by atoms with E-state index in [0.717, 1.165) is 13.2 Å². The molecule has 0 saturated heterocycles. The Labute approximate surface area is 124 Å². The van der Waals surface area contributed by atoms with Crippen molar-refractivity contribution in [2.75, 3.05) is 13.2 Å². The van der Waals surface area contributed by atoms with Crippen LogP contribution in [0, 0.1) is 5.92 Å². The molecule has 0 aliphatic rings. The Kier molecular flexibility index (Phi) is 6.70. The van der Waals surface area contributed by atoms with Gasteiger partial charge in [-0.15, -0.1) is 0 Å². The minimum Gasteiger partial charge on any atom is -0.377 e. The summed E-state index contributed by atoms with van der Waals surface area (Å²) in [6.45, 7) is 15.8. The molecule has 0 aliphatic carbocycles. The van der Waals surface area contributed by atoms with Gasteiger partial charge in [0.2, 0.25) is 0 Å². The minimum atomic E-state index is 0.179. The number of benzene rings is 1. The number of ether oxygens (including phenoxy) is 1. The summed E-state index contributed by atoms with van der Waals surface area (Å²) in [7, 11) is 0. The van der Waals surface area contributed by atoms with Crippen LogP contribution in [0.15, 0.2) is 24.3 Å². The Morgan fingerprint density at radius 1 is 1.05 bits per heavy atom. The lowest BCUT2D eigenvalue weighted by Gasteiger charge is -2.23. The van der Waals surface area contributed by atoms with Gasteiger partial charge in [-0.05, 0) is 43.7 Å². The van der Waals surface area contributed by atoms with Crippen molar-refractivity contribution < 1.29 is 4.74 Å². The topological polar surface area (TPSA) is 21.3 Å². The molecule has 1 aromatic carbocycles. The van der Waals surface area contributed by atoms with Crippen molar-refractivity contribution in [3.05, 3.63) is 35.4 Å². The van der Waals surface area contributed by atoms with Gasteiger partial charge in [0.15, 0.2) is 0 Å². The fraction of sp³-hybridized carbons (Fsp3) is 0.667. The Hall–Kier alpha value is -0.860. The smallest absolute Gasteiger partial charge is 0.0717 e. The standard InChI is InChI=1S/C18H31NO/c1-14(2)12-20-13-16-7-9-17(10-8-16)15(3)11-19-18(4,5)6/h7-10,14-15,19H,11-13H2,1-6H3. The number of rotatable bonds is 7. The van der Waals surface area contributed by atoms with Crippen molar-refractivity contribution in [3.8, 4) is 0 Å². The molecule has 1 rings (SSSR count). The van der Waals surface area contributed by atoms with Gasteiger partial charge in [0.05, 0.1) is 6.61 Å². The van der Waals surface area contributed by atoms with Crippen LogP contribution in [0.25, 0.3) is 0 Å². The van der Waals surface area contributed by atoms with Crippen molar-refractivity contribution >= 4 is 0 Å². The zero-order chi connectivity index (χ0) is 15.2. The summed E-state index contributed by atoms with van der Waals surface area (Å²) in [5.41, 5.74) is 2.82. The fourth-order valence-corrected chi connectivity index (χ4v) is 1.93. The lowest BCUT2D eigenvalue weighted by Crippen LogP contribution is -2.38. The molecule has 1 atom stereocenters. The van der Waals surface area contributed by atoms with E-state index in [1.165, 1.54) is 11.1 Å². The molecule has 1 unspecified atom stereocenters. The third-order valence-corrected chi connectivity index (χ3v) is 3.21. The zero-order valence-electron chi connectivity index (χ0n) is 14.0. The highest BCUT2D eigenvalue weighted by Crippen LogP contribution is 2.16. The molecule has 0 aliphatic heterocycles. The zero-order valence-corrected chi connectivity index (χ0v) is 14.0. The van der Waals surface area contributed by atoms with E-state index in [2.05, 4.69) is 71.1 Å². The van der Waals surface area contributed by atoms with Gasteiger partial charge in [-0.3, -0.25) is 0 Å². The molecular weight excluding hydrogens is 246 g/mol. The minimum absolute atomic E-state index is 0.179. The van der Waals surface area contributed by atoms with E-state index in [4.69, 9.17) is 4.74 Å². The molecule has 1 aromatic rings. The van der Waals surface area contributed by atoms with Crippen molar-refractivity contribution in [1.29, 1.82) is 0 Å². The highest BCUT2D eigenvalue weighted by molar-refractivity contribution is 5.25. The number of hydrogen-bond acceptors (Lipinski definition) is 2. The second kappa shape index (κ2) is 7.80. The SMILES string of the molecule is CC(C)COCc1ccc(C(C)CNC(C)(C)C)cc1. The van der Waals surface area contributed by atoms with Gasteiger partial charge in [-0.2, -0.15) is 0 Å². The predicted molar refractivity (Wildman–Crippen MR) is 87.1 cm³/mol. The van der Waals surface area contributed by atoms with Crippen LogP contribution in [0.4, 0.5) is 0 Å². The summed E-state index contributed by atoms with van der Waals surface area (Å²) >= 11 is 0. The first-order valence-corrected chi connectivity index (χ1v) is 7.69. The first-order valence-electron chi connectivity index (χ1n) is 7.69. The molecule has 0 amide bonds. The summed E-state index contributed by atoms with van der Waals surface area (Å²) in [5.74, 6) is 1.12. The molecule has 0 radical (unpaired) electrons. The van der Waals surface area contributed by atoms with Gasteiger partial charge in [0.25, 0.3) is 0 Å². The maximum absolute atomic E-state index is 5.66. The van der Waals surface area contributed by atoms with Crippen LogP contribution < -0.4 is 5.32 Å². The average molecular weight is 277 g/mol. The van der Waals surface area contributed by atoms with Crippen molar-refractivity contribution in [1.82, 2.24) is 5.32 Å². The van der Waals surface area contributed by atoms with Gasteiger partial charge < -0.3 is 10.1 Å². The van der Waals surface area contributed by atoms with E-state index in [1.54, 1.807) is 0 Å². The average Bonchev–Trinajstić information content (AvgIpc) is 2.35. The van der Waals surface area contributed by atoms with Crippen molar-refractivity contribution in [2.24, 2.45) is 5.92 Å². The molecule has 2 nitrogen and oxygen atoms in total. The maximum Gasteiger partial charge on any atom is 0.0717 e. The summed E-state index contributed by atoms with van der Waals surface area (Å²) in [6.07, 6.45) is 0. The molecule has 0 fully saturated rings. The first-order chi connectivity index (χ1) is 9.28. The van der Waals surface area contributed by atoms with Crippen molar-refractivity contribution in [2.45, 2.75) is 59.6 Å². The Morgan fingerprint density at radius 2 is 1.65 bits per heavy atom. The van der Waals surface area contributed by atoms with E-state index in [1.807, 2.05) is 0 Å². The molecule has 0 aromatic heterocycles. The van der Waals surface area contributed by atoms with Gasteiger partial charge >= 0.3 is 0 Å². The Bertz CT molecular complexity index is 375. The van der Waals surface area contributed by atoms with Crippen LogP contribution in [0.1, 0.15) is 58.6 Å². The largest absolute Gasteiger partial charge is 0.377 e. The van der Waals surface area contributed by atoms with Gasteiger partial charge in [-0.25, -0.2) is 0 Å². The summed E-state index contributed by atoms with van der Waals surface area (Å²) < 4.78 is 5.66. The number of nitrogens with one attached hydrogen (secondary N) is 1. The lowest BCUT2D eigenvalue weighted by molar-refractivity contribution is 0.0971. The van der Waals surface area contributed by atoms with E-state index >= 15 is 0 Å². The Balaban J connectivity index is 2.45. The van der Waals surface area contributed by atoms with Gasteiger partial charge in [0.1, 0.15) is 0 Å². The molecule has 0 spiro atoms. The van der Waals surface area contributed by atoms with E-state index in [-0.39, 0.29) is 5.54 Å². The molecule has 0 saturated carbocycles. The Morgan fingerprint density at radius 3 is 2.15 bits per heavy atom. The van der Waals surface area contributed by atoms with Crippen LogP contribution in [0.2, 0.25) is 0 Å². The van der Waals surface area contributed by atoms with Crippen LogP contribution in [0.5, 0.6) is 0 Å². The fourth-order valence-electron chi connectivity index (χ4n) is 1.93. The normalized spacial score (nSPS) is 13.8. The predicted octanol–water partition coefficient (Wildman–Crippen LogP) is 4.35. The van der Waals surface area contributed by atoms with Gasteiger partial charge in [0, 0.05) is 18.7 Å². The highest BCUT2D eigenvalue weighted by Gasteiger charge is 2.12. The molecule has 1 N–H and O–H groups in total. The van der Waals surface area contributed by atoms with Gasteiger partial charge in [-0.1, -0.05) is 45.0 Å². The maximum atomic E-state index is 5.66. The van der Waals surface area contributed by atoms with Crippen LogP contribution in [-0.2, 0) is 11.3 Å². The summed E-state index contributed by atoms with van der Waals surface area (Å²) in [6, 6.07) is 8.82. The molecular formula is C18H31NO. The third kappa shape index (κ3) is 7.06. The van der Waals surface area contributed by atoms with Crippen molar-refractivity contribution in [3.63, 3.8) is 0 Å². The van der Waals surface area contributed by atoms with E-state index in [0.29, 0.717) is 18.4 Å². The first kappa shape index (κ1) is 17.2. The second-order valence-electron chi connectivity index (χ2n) is 7.18. The van der Waals surface area contributed by atoms with E-state index in [9.17, 15) is 0 Å². The highest BCUT2D eigenvalue weighted by atomic mass is 16.5. The second-order valence-corrected chi connectivity index (χ2v) is 7.18. The monoisotopic (exact) mass is 277 g/mol. The quantitative estimate of drug-likeness (QED) is 0.800. The molecule has 0 bridgehead atoms. The molecule has 20 heavy (non-hydrogen) atoms. The van der Waals surface area contributed by atoms with E-state index < -0.39 is 0 Å². The third-order valence-electron chi connectivity index (χ3n) is 3.21. The number of hydrogen-bond donors (Lipinski definition) is 1. The molecule has 2 heteroatoms. The molecule has 114 valence electrons. The van der Waals surface area contributed by atoms with Crippen LogP contribution in [0.3, 0.4) is 0 Å². The van der Waals surface area contributed by atoms with Crippen LogP contribution in [-0.4, -0.2) is 18.7 Å². The summed E-state index contributed by atoms with van der Waals surface area (Å²) in [5, 5.41) is 3.56. The summed E-state index contributed by atoms with van der Waals surface area (Å²) in [4.78, 5) is 0. The van der Waals surface area contributed by atoms with Crippen LogP contribution >= 0.6 is 0 Å². The molecule has 0 heterocycles. The lowest BCUT2D eigenvalue weighted by atomic mass is 9.98.